The summed E-state index contributed by atoms with van der Waals surface area (Å²) in [6.07, 6.45) is 13.1. The second kappa shape index (κ2) is 7.07. The summed E-state index contributed by atoms with van der Waals surface area (Å²) in [5.74, 6) is 0. The Kier molecular flexibility index (Phi) is 6.40. The van der Waals surface area contributed by atoms with Gasteiger partial charge >= 0.3 is 0 Å². The van der Waals surface area contributed by atoms with Crippen molar-refractivity contribution in [2.45, 2.75) is 20.3 Å². The Morgan fingerprint density at radius 3 is 2.55 bits per heavy atom. The molecule has 0 heterocycles. The smallest absolute Gasteiger partial charge is 0.0303 e. The number of hydrogen-bond donors (Lipinski definition) is 0. The van der Waals surface area contributed by atoms with Crippen molar-refractivity contribution in [3.05, 3.63) is 48.6 Å². The van der Waals surface area contributed by atoms with Gasteiger partial charge in [0.2, 0.25) is 0 Å². The fourth-order valence-electron chi connectivity index (χ4n) is 0.733. The lowest BCUT2D eigenvalue weighted by atomic mass is 10.2. The third-order valence-corrected chi connectivity index (χ3v) is 1.27. The van der Waals surface area contributed by atoms with Gasteiger partial charge in [-0.15, -0.1) is 0 Å². The fourth-order valence-corrected chi connectivity index (χ4v) is 0.733. The van der Waals surface area contributed by atoms with E-state index in [4.69, 9.17) is 0 Å². The molecule has 0 saturated heterocycles. The van der Waals surface area contributed by atoms with Crippen LogP contribution < -0.4 is 0 Å². The lowest BCUT2D eigenvalue weighted by molar-refractivity contribution is 1.21. The van der Waals surface area contributed by atoms with Gasteiger partial charge in [0.15, 0.2) is 0 Å². The normalized spacial score (nSPS) is 13.1. The second-order valence-corrected chi connectivity index (χ2v) is 2.20. The lowest BCUT2D eigenvalue weighted by Crippen LogP contribution is -1.68. The molecule has 0 rings (SSSR count). The summed E-state index contributed by atoms with van der Waals surface area (Å²) >= 11 is 0. The van der Waals surface area contributed by atoms with E-state index in [1.165, 1.54) is 5.57 Å². The first kappa shape index (κ1) is 9.96. The van der Waals surface area contributed by atoms with Crippen LogP contribution in [0.5, 0.6) is 0 Å². The molecule has 11 heavy (non-hydrogen) atoms. The average Bonchev–Trinajstić information content (AvgIpc) is 2.03. The SMILES string of the molecule is C=CC(/C=C\C=C/C)=C/CC. The molecule has 0 saturated carbocycles. The Morgan fingerprint density at radius 2 is 2.09 bits per heavy atom. The van der Waals surface area contributed by atoms with Crippen LogP contribution in [-0.4, -0.2) is 0 Å². The van der Waals surface area contributed by atoms with Crippen molar-refractivity contribution in [2.24, 2.45) is 0 Å². The standard InChI is InChI=1S/C11H16/c1-4-7-8-10-11(6-3)9-5-2/h4,6-10H,3,5H2,1-2H3/b7-4-,10-8-,11-9-. The summed E-state index contributed by atoms with van der Waals surface area (Å²) in [5, 5.41) is 0. The van der Waals surface area contributed by atoms with E-state index in [9.17, 15) is 0 Å². The molecule has 0 spiro atoms. The monoisotopic (exact) mass is 148 g/mol. The molecule has 0 aromatic rings. The highest BCUT2D eigenvalue weighted by Crippen LogP contribution is 1.99. The highest BCUT2D eigenvalue weighted by atomic mass is 13.8. The van der Waals surface area contributed by atoms with Gasteiger partial charge in [-0.3, -0.25) is 0 Å². The maximum Gasteiger partial charge on any atom is -0.0303 e. The first-order valence-electron chi connectivity index (χ1n) is 3.97. The van der Waals surface area contributed by atoms with Crippen LogP contribution in [0.1, 0.15) is 20.3 Å². The summed E-state index contributed by atoms with van der Waals surface area (Å²) in [5.41, 5.74) is 1.19. The van der Waals surface area contributed by atoms with Crippen LogP contribution >= 0.6 is 0 Å². The summed E-state index contributed by atoms with van der Waals surface area (Å²) in [6, 6.07) is 0. The summed E-state index contributed by atoms with van der Waals surface area (Å²) in [4.78, 5) is 0. The summed E-state index contributed by atoms with van der Waals surface area (Å²) in [6.45, 7) is 7.83. The molecule has 0 aliphatic rings. The lowest BCUT2D eigenvalue weighted by Gasteiger charge is -1.88. The van der Waals surface area contributed by atoms with Crippen LogP contribution in [0.4, 0.5) is 0 Å². The van der Waals surface area contributed by atoms with E-state index in [1.54, 1.807) is 0 Å². The predicted molar refractivity (Wildman–Crippen MR) is 52.5 cm³/mol. The number of rotatable bonds is 4. The van der Waals surface area contributed by atoms with E-state index in [-0.39, 0.29) is 0 Å². The van der Waals surface area contributed by atoms with Crippen LogP contribution in [0.15, 0.2) is 48.6 Å². The van der Waals surface area contributed by atoms with Gasteiger partial charge < -0.3 is 0 Å². The van der Waals surface area contributed by atoms with Crippen molar-refractivity contribution in [3.63, 3.8) is 0 Å². The van der Waals surface area contributed by atoms with E-state index >= 15 is 0 Å². The van der Waals surface area contributed by atoms with Crippen LogP contribution in [0.25, 0.3) is 0 Å². The van der Waals surface area contributed by atoms with Crippen molar-refractivity contribution >= 4 is 0 Å². The second-order valence-electron chi connectivity index (χ2n) is 2.20. The van der Waals surface area contributed by atoms with E-state index in [1.807, 2.05) is 31.2 Å². The number of allylic oxidation sites excluding steroid dienone is 7. The number of hydrogen-bond acceptors (Lipinski definition) is 0. The van der Waals surface area contributed by atoms with Crippen molar-refractivity contribution in [1.82, 2.24) is 0 Å². The fraction of sp³-hybridized carbons (Fsp3) is 0.273. The van der Waals surface area contributed by atoms with Crippen LogP contribution in [0.2, 0.25) is 0 Å². The predicted octanol–water partition coefficient (Wildman–Crippen LogP) is 3.64. The van der Waals surface area contributed by atoms with E-state index in [0.717, 1.165) is 6.42 Å². The third-order valence-electron chi connectivity index (χ3n) is 1.27. The minimum Gasteiger partial charge on any atom is -0.0985 e. The molecule has 0 aromatic carbocycles. The van der Waals surface area contributed by atoms with Gasteiger partial charge in [-0.25, -0.2) is 0 Å². The molecule has 0 heteroatoms. The maximum absolute atomic E-state index is 3.71. The molecule has 0 bridgehead atoms. The Balaban J connectivity index is 4.07. The Hall–Kier alpha value is -1.04. The van der Waals surface area contributed by atoms with Gasteiger partial charge in [0.05, 0.1) is 0 Å². The Morgan fingerprint density at radius 1 is 1.36 bits per heavy atom. The summed E-state index contributed by atoms with van der Waals surface area (Å²) < 4.78 is 0. The van der Waals surface area contributed by atoms with Gasteiger partial charge in [0, 0.05) is 0 Å². The van der Waals surface area contributed by atoms with Crippen molar-refractivity contribution in [1.29, 1.82) is 0 Å². The quantitative estimate of drug-likeness (QED) is 0.534. The molecule has 0 aliphatic heterocycles. The van der Waals surface area contributed by atoms with Crippen molar-refractivity contribution in [2.75, 3.05) is 0 Å². The first-order chi connectivity index (χ1) is 5.35. The zero-order valence-electron chi connectivity index (χ0n) is 7.38. The van der Waals surface area contributed by atoms with Crippen LogP contribution in [0, 0.1) is 0 Å². The molecule has 0 fully saturated rings. The molecule has 0 amide bonds. The third kappa shape index (κ3) is 5.41. The van der Waals surface area contributed by atoms with E-state index in [0.29, 0.717) is 0 Å². The molecule has 0 N–H and O–H groups in total. The molecule has 0 unspecified atom stereocenters. The molecular weight excluding hydrogens is 132 g/mol. The molecule has 0 aliphatic carbocycles. The first-order valence-corrected chi connectivity index (χ1v) is 3.97. The topological polar surface area (TPSA) is 0 Å². The molecule has 0 atom stereocenters. The zero-order valence-corrected chi connectivity index (χ0v) is 7.38. The van der Waals surface area contributed by atoms with Crippen LogP contribution in [-0.2, 0) is 0 Å². The molecule has 60 valence electrons. The van der Waals surface area contributed by atoms with Gasteiger partial charge in [0.25, 0.3) is 0 Å². The summed E-state index contributed by atoms with van der Waals surface area (Å²) in [7, 11) is 0. The van der Waals surface area contributed by atoms with Gasteiger partial charge in [0.1, 0.15) is 0 Å². The zero-order chi connectivity index (χ0) is 8.53. The highest BCUT2D eigenvalue weighted by Gasteiger charge is 1.79. The van der Waals surface area contributed by atoms with Crippen LogP contribution in [0.3, 0.4) is 0 Å². The minimum atomic E-state index is 1.06. The molecule has 0 nitrogen and oxygen atoms in total. The molecule has 0 aromatic heterocycles. The van der Waals surface area contributed by atoms with Gasteiger partial charge in [-0.05, 0) is 18.9 Å². The minimum absolute atomic E-state index is 1.06. The largest absolute Gasteiger partial charge is 0.0985 e. The maximum atomic E-state index is 3.71. The van der Waals surface area contributed by atoms with Crippen molar-refractivity contribution in [3.8, 4) is 0 Å². The molecular formula is C11H16. The highest BCUT2D eigenvalue weighted by molar-refractivity contribution is 5.30. The van der Waals surface area contributed by atoms with Crippen molar-refractivity contribution < 1.29 is 0 Å². The Bertz CT molecular complexity index is 180. The average molecular weight is 148 g/mol. The van der Waals surface area contributed by atoms with Gasteiger partial charge in [-0.1, -0.05) is 50.0 Å². The van der Waals surface area contributed by atoms with E-state index < -0.39 is 0 Å². The molecule has 0 radical (unpaired) electrons. The Labute approximate surface area is 69.6 Å². The van der Waals surface area contributed by atoms with E-state index in [2.05, 4.69) is 25.7 Å². The van der Waals surface area contributed by atoms with Gasteiger partial charge in [-0.2, -0.15) is 0 Å².